The predicted molar refractivity (Wildman–Crippen MR) is 70.1 cm³/mol. The van der Waals surface area contributed by atoms with Crippen LogP contribution in [0.5, 0.6) is 0 Å². The van der Waals surface area contributed by atoms with Crippen LogP contribution in [0.15, 0.2) is 23.5 Å². The molecule has 5 N–H and O–H groups in total. The normalized spacial score (nSPS) is 11.5. The number of oxime groups is 1. The number of nitrogens with zero attached hydrogens (tertiary/aromatic N) is 2. The Kier molecular flexibility index (Phi) is 3.83. The summed E-state index contributed by atoms with van der Waals surface area (Å²) in [6, 6.07) is 2.21. The molecule has 1 heterocycles. The molecule has 0 atom stereocenters. The minimum atomic E-state index is -1.02. The quantitative estimate of drug-likeness (QED) is 0.296. The lowest BCUT2D eigenvalue weighted by atomic mass is 10.1. The predicted octanol–water partition coefficient (Wildman–Crippen LogP) is 1.34. The Balaban J connectivity index is 2.36. The number of amides is 1. The lowest BCUT2D eigenvalue weighted by molar-refractivity contribution is 0.101. The van der Waals surface area contributed by atoms with Crippen LogP contribution in [-0.2, 0) is 0 Å². The van der Waals surface area contributed by atoms with E-state index in [0.29, 0.717) is 0 Å². The molecule has 0 spiro atoms. The molecule has 9 heteroatoms. The van der Waals surface area contributed by atoms with E-state index in [4.69, 9.17) is 10.9 Å². The van der Waals surface area contributed by atoms with Crippen molar-refractivity contribution >= 4 is 17.6 Å². The van der Waals surface area contributed by atoms with Crippen LogP contribution in [0.4, 0.5) is 14.6 Å². The van der Waals surface area contributed by atoms with Gasteiger partial charge >= 0.3 is 0 Å². The maximum absolute atomic E-state index is 13.9. The number of benzene rings is 1. The number of carbonyl (C=O) groups is 1. The molecule has 0 radical (unpaired) electrons. The molecular formula is C12H11F2N5O2. The van der Waals surface area contributed by atoms with E-state index >= 15 is 0 Å². The first-order valence-electron chi connectivity index (χ1n) is 5.73. The van der Waals surface area contributed by atoms with Crippen molar-refractivity contribution in [1.82, 2.24) is 10.2 Å². The Morgan fingerprint density at radius 1 is 1.48 bits per heavy atom. The van der Waals surface area contributed by atoms with Gasteiger partial charge in [-0.25, -0.2) is 8.78 Å². The molecule has 0 saturated heterocycles. The molecule has 7 nitrogen and oxygen atoms in total. The molecule has 0 aliphatic heterocycles. The highest BCUT2D eigenvalue weighted by Crippen LogP contribution is 2.19. The summed E-state index contributed by atoms with van der Waals surface area (Å²) >= 11 is 0. The van der Waals surface area contributed by atoms with E-state index < -0.39 is 23.1 Å². The highest BCUT2D eigenvalue weighted by Gasteiger charge is 2.21. The summed E-state index contributed by atoms with van der Waals surface area (Å²) in [5.41, 5.74) is 4.86. The number of carbonyl (C=O) groups excluding carboxylic acids is 1. The summed E-state index contributed by atoms with van der Waals surface area (Å²) in [6.45, 7) is 1.41. The van der Waals surface area contributed by atoms with Crippen molar-refractivity contribution in [2.24, 2.45) is 10.9 Å². The van der Waals surface area contributed by atoms with Crippen molar-refractivity contribution in [3.63, 3.8) is 0 Å². The van der Waals surface area contributed by atoms with Gasteiger partial charge in [-0.2, -0.15) is 5.10 Å². The molecule has 0 unspecified atom stereocenters. The van der Waals surface area contributed by atoms with Gasteiger partial charge in [0.25, 0.3) is 5.91 Å². The third kappa shape index (κ3) is 2.66. The van der Waals surface area contributed by atoms with E-state index in [0.717, 1.165) is 6.07 Å². The molecule has 1 aromatic heterocycles. The van der Waals surface area contributed by atoms with Crippen molar-refractivity contribution < 1.29 is 18.8 Å². The van der Waals surface area contributed by atoms with E-state index in [9.17, 15) is 13.6 Å². The molecule has 21 heavy (non-hydrogen) atoms. The number of nitrogens with one attached hydrogen (secondary N) is 2. The smallest absolute Gasteiger partial charge is 0.262 e. The second kappa shape index (κ2) is 5.57. The number of hydrogen-bond acceptors (Lipinski definition) is 4. The molecular weight excluding hydrogens is 284 g/mol. The van der Waals surface area contributed by atoms with Crippen LogP contribution in [0, 0.1) is 18.6 Å². The number of rotatable bonds is 3. The second-order valence-corrected chi connectivity index (χ2v) is 4.15. The number of halogens is 2. The zero-order valence-corrected chi connectivity index (χ0v) is 10.8. The Labute approximate surface area is 117 Å². The third-order valence-corrected chi connectivity index (χ3v) is 2.77. The first-order chi connectivity index (χ1) is 9.95. The van der Waals surface area contributed by atoms with Gasteiger partial charge in [-0.05, 0) is 18.6 Å². The van der Waals surface area contributed by atoms with E-state index in [1.54, 1.807) is 0 Å². The summed E-state index contributed by atoms with van der Waals surface area (Å²) < 4.78 is 27.5. The fraction of sp³-hybridized carbons (Fsp3) is 0.0833. The highest BCUT2D eigenvalue weighted by atomic mass is 19.1. The number of hydrogen-bond donors (Lipinski definition) is 4. The minimum absolute atomic E-state index is 0.0457. The maximum atomic E-state index is 13.9. The summed E-state index contributed by atoms with van der Waals surface area (Å²) in [5, 5.41) is 19.6. The van der Waals surface area contributed by atoms with Crippen LogP contribution >= 0.6 is 0 Å². The Bertz CT molecular complexity index is 726. The zero-order valence-electron chi connectivity index (χ0n) is 10.8. The molecule has 0 aliphatic carbocycles. The van der Waals surface area contributed by atoms with Crippen LogP contribution in [0.25, 0.3) is 0 Å². The fourth-order valence-electron chi connectivity index (χ4n) is 1.67. The van der Waals surface area contributed by atoms with Crippen LogP contribution in [-0.4, -0.2) is 27.1 Å². The van der Waals surface area contributed by atoms with Crippen molar-refractivity contribution in [3.8, 4) is 0 Å². The molecule has 2 rings (SSSR count). The average Bonchev–Trinajstić information content (AvgIpc) is 2.90. The molecule has 0 fully saturated rings. The van der Waals surface area contributed by atoms with Crippen LogP contribution in [0.2, 0.25) is 0 Å². The van der Waals surface area contributed by atoms with Crippen molar-refractivity contribution in [2.45, 2.75) is 6.92 Å². The zero-order chi connectivity index (χ0) is 15.6. The topological polar surface area (TPSA) is 116 Å². The Morgan fingerprint density at radius 2 is 2.19 bits per heavy atom. The number of H-pyrrole nitrogens is 1. The van der Waals surface area contributed by atoms with Gasteiger partial charge in [0.1, 0.15) is 23.0 Å². The van der Waals surface area contributed by atoms with Gasteiger partial charge < -0.3 is 16.3 Å². The fourth-order valence-corrected chi connectivity index (χ4v) is 1.67. The van der Waals surface area contributed by atoms with Gasteiger partial charge in [0, 0.05) is 0 Å². The maximum Gasteiger partial charge on any atom is 0.262 e. The van der Waals surface area contributed by atoms with Crippen LogP contribution in [0.1, 0.15) is 21.5 Å². The summed E-state index contributed by atoms with van der Waals surface area (Å²) in [4.78, 5) is 12.0. The molecule has 0 bridgehead atoms. The highest BCUT2D eigenvalue weighted by molar-refractivity contribution is 6.09. The van der Waals surface area contributed by atoms with Gasteiger partial charge in [0.05, 0.1) is 11.8 Å². The molecule has 1 aromatic carbocycles. The third-order valence-electron chi connectivity index (χ3n) is 2.77. The molecule has 0 aliphatic rings. The monoisotopic (exact) mass is 295 g/mol. The Hall–Kier alpha value is -2.97. The van der Waals surface area contributed by atoms with Gasteiger partial charge in [-0.3, -0.25) is 9.89 Å². The molecule has 0 saturated carbocycles. The SMILES string of the molecule is Cc1ccc(F)c(C(=O)Nc2[nH]ncc2/C(N)=N/O)c1F. The van der Waals surface area contributed by atoms with Gasteiger partial charge in [0.15, 0.2) is 5.84 Å². The molecule has 1 amide bonds. The lowest BCUT2D eigenvalue weighted by Crippen LogP contribution is -2.20. The van der Waals surface area contributed by atoms with Crippen LogP contribution < -0.4 is 11.1 Å². The largest absolute Gasteiger partial charge is 0.409 e. The van der Waals surface area contributed by atoms with E-state index in [2.05, 4.69) is 20.7 Å². The van der Waals surface area contributed by atoms with Gasteiger partial charge in [-0.1, -0.05) is 11.2 Å². The van der Waals surface area contributed by atoms with Gasteiger partial charge in [0.2, 0.25) is 0 Å². The first-order valence-corrected chi connectivity index (χ1v) is 5.73. The Morgan fingerprint density at radius 3 is 2.86 bits per heavy atom. The molecule has 2 aromatic rings. The number of aromatic nitrogens is 2. The van der Waals surface area contributed by atoms with E-state index in [1.807, 2.05) is 0 Å². The second-order valence-electron chi connectivity index (χ2n) is 4.15. The summed E-state index contributed by atoms with van der Waals surface area (Å²) in [6.07, 6.45) is 1.19. The van der Waals surface area contributed by atoms with Crippen molar-refractivity contribution in [1.29, 1.82) is 0 Å². The van der Waals surface area contributed by atoms with Crippen LogP contribution in [0.3, 0.4) is 0 Å². The minimum Gasteiger partial charge on any atom is -0.409 e. The summed E-state index contributed by atoms with van der Waals surface area (Å²) in [5.74, 6) is -3.34. The number of aromatic amines is 1. The standard InChI is InChI=1S/C12H11F2N5O2/c1-5-2-3-7(13)8(9(5)14)12(20)17-11-6(4-16-18-11)10(15)19-21/h2-4,21H,1H3,(H2,15,19)(H2,16,17,18,20). The molecule has 110 valence electrons. The van der Waals surface area contributed by atoms with Crippen molar-refractivity contribution in [2.75, 3.05) is 5.32 Å². The average molecular weight is 295 g/mol. The number of anilines is 1. The summed E-state index contributed by atoms with van der Waals surface area (Å²) in [7, 11) is 0. The van der Waals surface area contributed by atoms with E-state index in [-0.39, 0.29) is 22.8 Å². The number of amidine groups is 1. The first kappa shape index (κ1) is 14.4. The van der Waals surface area contributed by atoms with E-state index in [1.165, 1.54) is 19.2 Å². The van der Waals surface area contributed by atoms with Crippen molar-refractivity contribution in [3.05, 3.63) is 46.7 Å². The number of aryl methyl sites for hydroxylation is 1. The van der Waals surface area contributed by atoms with Gasteiger partial charge in [-0.15, -0.1) is 0 Å². The lowest BCUT2D eigenvalue weighted by Gasteiger charge is -2.08. The number of nitrogens with two attached hydrogens (primary N) is 1.